The van der Waals surface area contributed by atoms with E-state index in [1.807, 2.05) is 39.8 Å². The Bertz CT molecular complexity index is 425. The lowest BCUT2D eigenvalue weighted by Gasteiger charge is -2.20. The van der Waals surface area contributed by atoms with Gasteiger partial charge in [-0.3, -0.25) is 5.32 Å². The van der Waals surface area contributed by atoms with Crippen LogP contribution in [0.5, 0.6) is 0 Å². The zero-order chi connectivity index (χ0) is 13.8. The number of rotatable bonds is 3. The molecule has 0 aliphatic rings. The molecular weight excluding hydrogens is 232 g/mol. The Morgan fingerprint density at radius 1 is 1.39 bits per heavy atom. The first kappa shape index (κ1) is 14.5. The van der Waals surface area contributed by atoms with Gasteiger partial charge in [0.2, 0.25) is 0 Å². The lowest BCUT2D eigenvalue weighted by atomic mass is 10.1. The van der Waals surface area contributed by atoms with Crippen molar-refractivity contribution in [2.75, 3.05) is 5.32 Å². The first-order valence-electron chi connectivity index (χ1n) is 5.78. The Balaban J connectivity index is 2.71. The van der Waals surface area contributed by atoms with E-state index >= 15 is 0 Å². The molecule has 1 amide bonds. The minimum atomic E-state index is -0.515. The number of nitrogens with one attached hydrogen (secondary N) is 2. The summed E-state index contributed by atoms with van der Waals surface area (Å²) in [6.45, 7) is 7.70. The molecule has 1 aromatic rings. The van der Waals surface area contributed by atoms with Gasteiger partial charge in [-0.25, -0.2) is 10.3 Å². The van der Waals surface area contributed by atoms with Gasteiger partial charge in [-0.15, -0.1) is 0 Å². The maximum Gasteiger partial charge on any atom is 0.412 e. The number of hydroxylamine groups is 1. The highest BCUT2D eigenvalue weighted by atomic mass is 16.6. The van der Waals surface area contributed by atoms with Crippen LogP contribution in [-0.2, 0) is 11.3 Å². The van der Waals surface area contributed by atoms with Crippen LogP contribution in [0, 0.1) is 6.92 Å². The average molecular weight is 252 g/mol. The zero-order valence-electron chi connectivity index (χ0n) is 11.2. The second kappa shape index (κ2) is 5.84. The molecule has 100 valence electrons. The maximum absolute atomic E-state index is 11.6. The van der Waals surface area contributed by atoms with Crippen LogP contribution in [0.1, 0.15) is 31.9 Å². The largest absolute Gasteiger partial charge is 0.444 e. The lowest BCUT2D eigenvalue weighted by Crippen LogP contribution is -2.27. The number of anilines is 1. The smallest absolute Gasteiger partial charge is 0.412 e. The Hall–Kier alpha value is -1.59. The summed E-state index contributed by atoms with van der Waals surface area (Å²) >= 11 is 0. The number of hydrogen-bond donors (Lipinski definition) is 3. The minimum Gasteiger partial charge on any atom is -0.444 e. The van der Waals surface area contributed by atoms with Crippen molar-refractivity contribution >= 4 is 11.8 Å². The van der Waals surface area contributed by atoms with Gasteiger partial charge < -0.3 is 9.94 Å². The molecule has 1 aromatic carbocycles. The summed E-state index contributed by atoms with van der Waals surface area (Å²) in [5.41, 5.74) is 4.12. The highest BCUT2D eigenvalue weighted by molar-refractivity contribution is 5.85. The van der Waals surface area contributed by atoms with Crippen molar-refractivity contribution in [3.05, 3.63) is 29.3 Å². The topological polar surface area (TPSA) is 70.6 Å². The molecule has 0 spiro atoms. The number of carbonyl (C=O) groups excluding carboxylic acids is 1. The number of ether oxygens (including phenoxy) is 1. The number of aryl methyl sites for hydroxylation is 1. The van der Waals surface area contributed by atoms with Gasteiger partial charge in [0.05, 0.1) is 0 Å². The van der Waals surface area contributed by atoms with Gasteiger partial charge in [0.1, 0.15) is 5.60 Å². The Morgan fingerprint density at radius 3 is 2.56 bits per heavy atom. The van der Waals surface area contributed by atoms with E-state index in [9.17, 15) is 4.79 Å². The molecule has 0 aliphatic heterocycles. The van der Waals surface area contributed by atoms with Gasteiger partial charge in [-0.1, -0.05) is 12.1 Å². The number of hydrogen-bond acceptors (Lipinski definition) is 4. The van der Waals surface area contributed by atoms with Crippen LogP contribution in [-0.4, -0.2) is 16.9 Å². The molecule has 5 nitrogen and oxygen atoms in total. The van der Waals surface area contributed by atoms with E-state index in [1.165, 1.54) is 0 Å². The summed E-state index contributed by atoms with van der Waals surface area (Å²) < 4.78 is 5.17. The summed E-state index contributed by atoms with van der Waals surface area (Å²) in [5.74, 6) is 0. The van der Waals surface area contributed by atoms with Crippen LogP contribution < -0.4 is 10.8 Å². The second-order valence-corrected chi connectivity index (χ2v) is 5.11. The van der Waals surface area contributed by atoms with Crippen molar-refractivity contribution in [1.82, 2.24) is 5.48 Å². The monoisotopic (exact) mass is 252 g/mol. The predicted octanol–water partition coefficient (Wildman–Crippen LogP) is 2.82. The fourth-order valence-corrected chi connectivity index (χ4v) is 1.48. The van der Waals surface area contributed by atoms with Crippen LogP contribution in [0.15, 0.2) is 18.2 Å². The molecule has 0 fully saturated rings. The van der Waals surface area contributed by atoms with E-state index in [0.29, 0.717) is 12.2 Å². The summed E-state index contributed by atoms with van der Waals surface area (Å²) in [6, 6.07) is 5.49. The Labute approximate surface area is 107 Å². The van der Waals surface area contributed by atoms with Crippen molar-refractivity contribution in [2.24, 2.45) is 0 Å². The van der Waals surface area contributed by atoms with Crippen LogP contribution in [0.25, 0.3) is 0 Å². The molecule has 0 aliphatic carbocycles. The molecule has 0 atom stereocenters. The number of amides is 1. The molecule has 0 heterocycles. The predicted molar refractivity (Wildman–Crippen MR) is 69.7 cm³/mol. The van der Waals surface area contributed by atoms with E-state index in [1.54, 1.807) is 6.07 Å². The van der Waals surface area contributed by atoms with Crippen LogP contribution in [0.3, 0.4) is 0 Å². The van der Waals surface area contributed by atoms with Gasteiger partial charge in [-0.05, 0) is 44.9 Å². The Morgan fingerprint density at radius 2 is 2.06 bits per heavy atom. The van der Waals surface area contributed by atoms with E-state index in [2.05, 4.69) is 10.8 Å². The Kier molecular flexibility index (Phi) is 4.69. The quantitative estimate of drug-likeness (QED) is 0.723. The summed E-state index contributed by atoms with van der Waals surface area (Å²) in [4.78, 5) is 11.6. The number of benzene rings is 1. The zero-order valence-corrected chi connectivity index (χ0v) is 11.2. The van der Waals surface area contributed by atoms with Gasteiger partial charge in [-0.2, -0.15) is 0 Å². The minimum absolute atomic E-state index is 0.369. The van der Waals surface area contributed by atoms with E-state index < -0.39 is 11.7 Å². The molecule has 0 saturated carbocycles. The molecule has 1 rings (SSSR count). The number of carbonyl (C=O) groups is 1. The fourth-order valence-electron chi connectivity index (χ4n) is 1.48. The van der Waals surface area contributed by atoms with Gasteiger partial charge in [0, 0.05) is 12.2 Å². The van der Waals surface area contributed by atoms with E-state index in [0.717, 1.165) is 11.1 Å². The molecule has 18 heavy (non-hydrogen) atoms. The summed E-state index contributed by atoms with van der Waals surface area (Å²) in [5, 5.41) is 11.3. The van der Waals surface area contributed by atoms with Gasteiger partial charge in [0.25, 0.3) is 0 Å². The third kappa shape index (κ3) is 4.73. The molecule has 5 heteroatoms. The fraction of sp³-hybridized carbons (Fsp3) is 0.462. The van der Waals surface area contributed by atoms with E-state index in [4.69, 9.17) is 9.94 Å². The molecule has 0 aromatic heterocycles. The van der Waals surface area contributed by atoms with Crippen molar-refractivity contribution in [2.45, 2.75) is 39.8 Å². The first-order chi connectivity index (χ1) is 8.31. The van der Waals surface area contributed by atoms with Crippen molar-refractivity contribution in [3.8, 4) is 0 Å². The van der Waals surface area contributed by atoms with Gasteiger partial charge in [0.15, 0.2) is 0 Å². The summed E-state index contributed by atoms with van der Waals surface area (Å²) in [7, 11) is 0. The standard InChI is InChI=1S/C13H20N2O3/c1-9-7-10(8-14-17)5-6-11(9)15-12(16)18-13(2,3)4/h5-7,14,17H,8H2,1-4H3,(H,15,16). The van der Waals surface area contributed by atoms with E-state index in [-0.39, 0.29) is 0 Å². The third-order valence-electron chi connectivity index (χ3n) is 2.21. The van der Waals surface area contributed by atoms with Crippen LogP contribution >= 0.6 is 0 Å². The van der Waals surface area contributed by atoms with Gasteiger partial charge >= 0.3 is 6.09 Å². The second-order valence-electron chi connectivity index (χ2n) is 5.11. The molecule has 0 saturated heterocycles. The van der Waals surface area contributed by atoms with Crippen LogP contribution in [0.2, 0.25) is 0 Å². The summed E-state index contributed by atoms with van der Waals surface area (Å²) in [6.07, 6.45) is -0.473. The van der Waals surface area contributed by atoms with Crippen molar-refractivity contribution in [1.29, 1.82) is 0 Å². The SMILES string of the molecule is Cc1cc(CNO)ccc1NC(=O)OC(C)(C)C. The van der Waals surface area contributed by atoms with Crippen LogP contribution in [0.4, 0.5) is 10.5 Å². The normalized spacial score (nSPS) is 11.2. The third-order valence-corrected chi connectivity index (χ3v) is 2.21. The molecular formula is C13H20N2O3. The molecule has 0 unspecified atom stereocenters. The first-order valence-corrected chi connectivity index (χ1v) is 5.78. The maximum atomic E-state index is 11.6. The highest BCUT2D eigenvalue weighted by Gasteiger charge is 2.16. The molecule has 0 bridgehead atoms. The lowest BCUT2D eigenvalue weighted by molar-refractivity contribution is 0.0636. The van der Waals surface area contributed by atoms with Crippen molar-refractivity contribution < 1.29 is 14.7 Å². The average Bonchev–Trinajstić information content (AvgIpc) is 2.20. The highest BCUT2D eigenvalue weighted by Crippen LogP contribution is 2.18. The molecule has 3 N–H and O–H groups in total. The van der Waals surface area contributed by atoms with Crippen molar-refractivity contribution in [3.63, 3.8) is 0 Å². The molecule has 0 radical (unpaired) electrons.